The Balaban J connectivity index is 1.58. The van der Waals surface area contributed by atoms with Crippen molar-refractivity contribution in [2.75, 3.05) is 27.3 Å². The van der Waals surface area contributed by atoms with Crippen molar-refractivity contribution < 1.29 is 19.1 Å². The lowest BCUT2D eigenvalue weighted by Gasteiger charge is -2.39. The minimum atomic E-state index is -0.591. The molecular formula is C24H30N2O4. The Morgan fingerprint density at radius 3 is 2.47 bits per heavy atom. The highest BCUT2D eigenvalue weighted by molar-refractivity contribution is 5.84. The van der Waals surface area contributed by atoms with E-state index in [0.29, 0.717) is 26.1 Å². The summed E-state index contributed by atoms with van der Waals surface area (Å²) < 4.78 is 10.4. The number of benzene rings is 2. The van der Waals surface area contributed by atoms with Gasteiger partial charge in [0.15, 0.2) is 0 Å². The molecule has 0 unspecified atom stereocenters. The number of methoxy groups -OCH3 is 2. The van der Waals surface area contributed by atoms with Crippen LogP contribution in [0.3, 0.4) is 0 Å². The van der Waals surface area contributed by atoms with Crippen molar-refractivity contribution in [3.63, 3.8) is 0 Å². The number of hydrogen-bond donors (Lipinski definition) is 1. The van der Waals surface area contributed by atoms with E-state index in [0.717, 1.165) is 35.5 Å². The molecule has 6 heteroatoms. The molecule has 0 spiro atoms. The molecule has 2 aromatic carbocycles. The summed E-state index contributed by atoms with van der Waals surface area (Å²) in [5.74, 6) is 1.56. The lowest BCUT2D eigenvalue weighted by Crippen LogP contribution is -2.52. The van der Waals surface area contributed by atoms with Gasteiger partial charge in [0.1, 0.15) is 11.5 Å². The fourth-order valence-electron chi connectivity index (χ4n) is 3.85. The van der Waals surface area contributed by atoms with E-state index < -0.39 is 5.41 Å². The van der Waals surface area contributed by atoms with Crippen LogP contribution in [0.1, 0.15) is 30.9 Å². The van der Waals surface area contributed by atoms with Crippen molar-refractivity contribution in [2.45, 2.75) is 32.7 Å². The second-order valence-electron chi connectivity index (χ2n) is 8.04. The van der Waals surface area contributed by atoms with Gasteiger partial charge < -0.3 is 19.7 Å². The first kappa shape index (κ1) is 21.7. The Hall–Kier alpha value is -3.02. The molecule has 160 valence electrons. The van der Waals surface area contributed by atoms with E-state index in [1.165, 1.54) is 0 Å². The van der Waals surface area contributed by atoms with Crippen molar-refractivity contribution in [1.29, 1.82) is 0 Å². The van der Waals surface area contributed by atoms with Crippen LogP contribution in [-0.4, -0.2) is 44.0 Å². The zero-order chi connectivity index (χ0) is 21.6. The number of piperidine rings is 1. The first-order valence-electron chi connectivity index (χ1n) is 10.3. The van der Waals surface area contributed by atoms with Crippen molar-refractivity contribution in [1.82, 2.24) is 10.2 Å². The molecule has 0 saturated carbocycles. The predicted octanol–water partition coefficient (Wildman–Crippen LogP) is 3.19. The molecule has 2 aromatic rings. The Morgan fingerprint density at radius 2 is 1.77 bits per heavy atom. The monoisotopic (exact) mass is 410 g/mol. The van der Waals surface area contributed by atoms with Gasteiger partial charge in [-0.05, 0) is 55.2 Å². The van der Waals surface area contributed by atoms with Crippen LogP contribution in [0.15, 0.2) is 48.5 Å². The number of carbonyl (C=O) groups is 2. The minimum Gasteiger partial charge on any atom is -0.497 e. The zero-order valence-corrected chi connectivity index (χ0v) is 17.9. The number of amides is 2. The summed E-state index contributed by atoms with van der Waals surface area (Å²) in [6, 6.07) is 15.2. The van der Waals surface area contributed by atoms with Crippen molar-refractivity contribution in [2.24, 2.45) is 5.41 Å². The highest BCUT2D eigenvalue weighted by Gasteiger charge is 2.39. The summed E-state index contributed by atoms with van der Waals surface area (Å²) >= 11 is 0. The van der Waals surface area contributed by atoms with Crippen LogP contribution in [0, 0.1) is 5.41 Å². The fraction of sp³-hybridized carbons (Fsp3) is 0.417. The summed E-state index contributed by atoms with van der Waals surface area (Å²) in [5.41, 5.74) is 1.33. The van der Waals surface area contributed by atoms with E-state index in [-0.39, 0.29) is 11.8 Å². The van der Waals surface area contributed by atoms with Crippen molar-refractivity contribution in [3.8, 4) is 11.5 Å². The number of carbonyl (C=O) groups excluding carboxylic acids is 2. The smallest absolute Gasteiger partial charge is 0.227 e. The molecule has 1 aliphatic heterocycles. The third kappa shape index (κ3) is 5.32. The van der Waals surface area contributed by atoms with Crippen molar-refractivity contribution in [3.05, 3.63) is 59.7 Å². The van der Waals surface area contributed by atoms with Gasteiger partial charge in [0.05, 0.1) is 26.1 Å². The second kappa shape index (κ2) is 9.65. The quantitative estimate of drug-likeness (QED) is 0.761. The van der Waals surface area contributed by atoms with Gasteiger partial charge in [0.2, 0.25) is 11.8 Å². The maximum Gasteiger partial charge on any atom is 0.227 e. The molecule has 0 bridgehead atoms. The Bertz CT molecular complexity index is 881. The van der Waals surface area contributed by atoms with E-state index >= 15 is 0 Å². The SMILES string of the molecule is COc1ccc(CC(=O)N2CCC[C@@](C)(C(=O)NCc3cccc(OC)c3)C2)cc1. The highest BCUT2D eigenvalue weighted by atomic mass is 16.5. The molecular weight excluding hydrogens is 380 g/mol. The zero-order valence-electron chi connectivity index (χ0n) is 17.9. The third-order valence-electron chi connectivity index (χ3n) is 5.70. The average Bonchev–Trinajstić information content (AvgIpc) is 2.78. The number of rotatable bonds is 7. The summed E-state index contributed by atoms with van der Waals surface area (Å²) in [4.78, 5) is 27.6. The molecule has 0 radical (unpaired) electrons. The van der Waals surface area contributed by atoms with Gasteiger partial charge in [-0.1, -0.05) is 24.3 Å². The lowest BCUT2D eigenvalue weighted by atomic mass is 9.80. The van der Waals surface area contributed by atoms with Gasteiger partial charge in [-0.15, -0.1) is 0 Å². The van der Waals surface area contributed by atoms with Crippen LogP contribution in [0.25, 0.3) is 0 Å². The van der Waals surface area contributed by atoms with E-state index in [2.05, 4.69) is 5.32 Å². The van der Waals surface area contributed by atoms with Gasteiger partial charge in [0.25, 0.3) is 0 Å². The number of nitrogens with one attached hydrogen (secondary N) is 1. The molecule has 1 N–H and O–H groups in total. The van der Waals surface area contributed by atoms with E-state index in [1.807, 2.05) is 60.4 Å². The molecule has 3 rings (SSSR count). The molecule has 0 aromatic heterocycles. The highest BCUT2D eigenvalue weighted by Crippen LogP contribution is 2.30. The summed E-state index contributed by atoms with van der Waals surface area (Å²) in [7, 11) is 3.24. The maximum atomic E-state index is 13.0. The first-order valence-corrected chi connectivity index (χ1v) is 10.3. The average molecular weight is 411 g/mol. The van der Waals surface area contributed by atoms with Crippen LogP contribution in [0.2, 0.25) is 0 Å². The van der Waals surface area contributed by atoms with Crippen LogP contribution in [0.4, 0.5) is 0 Å². The van der Waals surface area contributed by atoms with Crippen LogP contribution in [0.5, 0.6) is 11.5 Å². The molecule has 0 aliphatic carbocycles. The van der Waals surface area contributed by atoms with E-state index in [1.54, 1.807) is 14.2 Å². The third-order valence-corrected chi connectivity index (χ3v) is 5.70. The fourth-order valence-corrected chi connectivity index (χ4v) is 3.85. The summed E-state index contributed by atoms with van der Waals surface area (Å²) in [6.07, 6.45) is 1.91. The summed E-state index contributed by atoms with van der Waals surface area (Å²) in [5, 5.41) is 3.04. The normalized spacial score (nSPS) is 18.6. The molecule has 1 aliphatic rings. The lowest BCUT2D eigenvalue weighted by molar-refractivity contribution is -0.140. The molecule has 6 nitrogen and oxygen atoms in total. The number of hydrogen-bond acceptors (Lipinski definition) is 4. The van der Waals surface area contributed by atoms with Crippen LogP contribution >= 0.6 is 0 Å². The Morgan fingerprint density at radius 1 is 1.03 bits per heavy atom. The summed E-state index contributed by atoms with van der Waals surface area (Å²) in [6.45, 7) is 3.51. The molecule has 2 amide bonds. The molecule has 1 atom stereocenters. The van der Waals surface area contributed by atoms with Crippen LogP contribution in [-0.2, 0) is 22.6 Å². The molecule has 1 heterocycles. The van der Waals surface area contributed by atoms with E-state index in [9.17, 15) is 9.59 Å². The van der Waals surface area contributed by atoms with Gasteiger partial charge in [-0.25, -0.2) is 0 Å². The molecule has 30 heavy (non-hydrogen) atoms. The minimum absolute atomic E-state index is 0.0210. The first-order chi connectivity index (χ1) is 14.4. The van der Waals surface area contributed by atoms with Gasteiger partial charge >= 0.3 is 0 Å². The second-order valence-corrected chi connectivity index (χ2v) is 8.04. The topological polar surface area (TPSA) is 67.9 Å². The standard InChI is InChI=1S/C24H30N2O4/c1-24(23(28)25-16-19-6-4-7-21(14-19)30-3)12-5-13-26(17-24)22(27)15-18-8-10-20(29-2)11-9-18/h4,6-11,14H,5,12-13,15-17H2,1-3H3,(H,25,28)/t24-/m1/s1. The number of likely N-dealkylation sites (tertiary alicyclic amines) is 1. The van der Waals surface area contributed by atoms with Gasteiger partial charge in [0, 0.05) is 19.6 Å². The molecule has 1 saturated heterocycles. The van der Waals surface area contributed by atoms with Gasteiger partial charge in [-0.2, -0.15) is 0 Å². The largest absolute Gasteiger partial charge is 0.497 e. The maximum absolute atomic E-state index is 13.0. The number of nitrogens with zero attached hydrogens (tertiary/aromatic N) is 1. The van der Waals surface area contributed by atoms with Crippen molar-refractivity contribution >= 4 is 11.8 Å². The Labute approximate surface area is 178 Å². The van der Waals surface area contributed by atoms with E-state index in [4.69, 9.17) is 9.47 Å². The van der Waals surface area contributed by atoms with Gasteiger partial charge in [-0.3, -0.25) is 9.59 Å². The predicted molar refractivity (Wildman–Crippen MR) is 115 cm³/mol. The Kier molecular flexibility index (Phi) is 6.98. The molecule has 1 fully saturated rings. The van der Waals surface area contributed by atoms with Crippen LogP contribution < -0.4 is 14.8 Å². The number of ether oxygens (including phenoxy) is 2.